The van der Waals surface area contributed by atoms with Crippen LogP contribution < -0.4 is 0 Å². The summed E-state index contributed by atoms with van der Waals surface area (Å²) in [5.41, 5.74) is 0. The van der Waals surface area contributed by atoms with Gasteiger partial charge >= 0.3 is 0 Å². The van der Waals surface area contributed by atoms with Gasteiger partial charge in [-0.2, -0.15) is 0 Å². The zero-order valence-corrected chi connectivity index (χ0v) is 3.25. The molecule has 0 aromatic rings. The maximum atomic E-state index is 3.28. The van der Waals surface area contributed by atoms with Gasteiger partial charge in [0.15, 0.2) is 0 Å². The van der Waals surface area contributed by atoms with Crippen molar-refractivity contribution in [2.24, 2.45) is 0 Å². The van der Waals surface area contributed by atoms with Crippen molar-refractivity contribution in [1.82, 2.24) is 0 Å². The second-order valence-corrected chi connectivity index (χ2v) is 0.802. The van der Waals surface area contributed by atoms with E-state index in [-0.39, 0.29) is 7.43 Å². The van der Waals surface area contributed by atoms with E-state index in [4.69, 9.17) is 0 Å². The van der Waals surface area contributed by atoms with E-state index in [0.29, 0.717) is 0 Å². The Kier molecular flexibility index (Phi) is 23.7. The van der Waals surface area contributed by atoms with Crippen molar-refractivity contribution in [3.05, 3.63) is 11.6 Å². The normalized spacial score (nSPS) is 3.25. The summed E-state index contributed by atoms with van der Waals surface area (Å²) < 4.78 is 0. The molecule has 26 valence electrons. The molecular weight excluding hydrogens is 116 g/mol. The molecule has 0 spiro atoms. The Labute approximate surface area is 35.7 Å². The lowest BCUT2D eigenvalue weighted by atomic mass is 11.3. The molecule has 0 aliphatic rings. The summed E-state index contributed by atoms with van der Waals surface area (Å²) in [6, 6.07) is 0. The molecule has 0 radical (unpaired) electrons. The van der Waals surface area contributed by atoms with Gasteiger partial charge in [-0.25, -0.2) is 0 Å². The lowest BCUT2D eigenvalue weighted by molar-refractivity contribution is 2.50. The van der Waals surface area contributed by atoms with Gasteiger partial charge in [0.25, 0.3) is 0 Å². The third kappa shape index (κ3) is 68.3. The predicted octanol–water partition coefficient (Wildman–Crippen LogP) is 2.16. The molecule has 0 rings (SSSR count). The summed E-state index contributed by atoms with van der Waals surface area (Å²) in [4.78, 5) is 1.56. The van der Waals surface area contributed by atoms with Crippen LogP contribution in [0.3, 0.4) is 0 Å². The van der Waals surface area contributed by atoms with Crippen LogP contribution in [0.25, 0.3) is 0 Å². The van der Waals surface area contributed by atoms with E-state index in [1.807, 2.05) is 0 Å². The van der Waals surface area contributed by atoms with Crippen molar-refractivity contribution in [3.63, 3.8) is 0 Å². The van der Waals surface area contributed by atoms with Crippen molar-refractivity contribution in [2.45, 2.75) is 7.43 Å². The molecule has 0 bridgehead atoms. The third-order valence-electron chi connectivity index (χ3n) is 0. The average molecular weight is 123 g/mol. The molecule has 4 heavy (non-hydrogen) atoms. The second-order valence-electron chi connectivity index (χ2n) is 0.154. The Morgan fingerprint density at radius 2 is 1.75 bits per heavy atom. The first-order valence-electron chi connectivity index (χ1n) is 0.626. The highest BCUT2D eigenvalue weighted by molar-refractivity contribution is 9.11. The van der Waals surface area contributed by atoms with Gasteiger partial charge in [0, 0.05) is 0 Å². The smallest absolute Gasteiger partial charge is 0.0261 e. The molecule has 0 aliphatic heterocycles. The van der Waals surface area contributed by atoms with Crippen molar-refractivity contribution in [2.75, 3.05) is 0 Å². The summed E-state index contributed by atoms with van der Waals surface area (Å²) in [7, 11) is 0. The summed E-state index contributed by atoms with van der Waals surface area (Å²) in [6.07, 6.45) is 0. The van der Waals surface area contributed by atoms with Crippen LogP contribution in [0.5, 0.6) is 0 Å². The summed E-state index contributed by atoms with van der Waals surface area (Å²) in [6.45, 7) is 3.28. The number of halogens is 1. The van der Waals surface area contributed by atoms with E-state index >= 15 is 0 Å². The molecule has 0 nitrogen and oxygen atoms in total. The Balaban J connectivity index is 0. The van der Waals surface area contributed by atoms with Crippen LogP contribution in [0.2, 0.25) is 0 Å². The second kappa shape index (κ2) is 10.7. The van der Waals surface area contributed by atoms with Gasteiger partial charge in [-0.1, -0.05) is 29.9 Å². The molecule has 0 aromatic carbocycles. The fraction of sp³-hybridized carbons (Fsp3) is 0.333. The van der Waals surface area contributed by atoms with E-state index in [0.717, 1.165) is 0 Å². The molecule has 0 saturated heterocycles. The van der Waals surface area contributed by atoms with Crippen LogP contribution in [0.1, 0.15) is 7.43 Å². The first-order chi connectivity index (χ1) is 1.41. The summed E-state index contributed by atoms with van der Waals surface area (Å²) in [5.74, 6) is 0. The Morgan fingerprint density at radius 1 is 1.75 bits per heavy atom. The fourth-order valence-electron chi connectivity index (χ4n) is 0. The minimum Gasteiger partial charge on any atom is -0.0921 e. The maximum Gasteiger partial charge on any atom is -0.0261 e. The highest BCUT2D eigenvalue weighted by Crippen LogP contribution is 1.68. The highest BCUT2D eigenvalue weighted by Gasteiger charge is 1.18. The molecule has 0 N–H and O–H groups in total. The number of rotatable bonds is 0. The number of hydrogen-bond acceptors (Lipinski definition) is 0. The molecule has 0 unspecified atom stereocenters. The summed E-state index contributed by atoms with van der Waals surface area (Å²) >= 11 is 2.91. The van der Waals surface area contributed by atoms with Crippen LogP contribution in [0, 0.1) is 0 Å². The Hall–Kier alpha value is 0.220. The van der Waals surface area contributed by atoms with Gasteiger partial charge in [0.2, 0.25) is 0 Å². The van der Waals surface area contributed by atoms with Gasteiger partial charge in [0.05, 0.1) is 0 Å². The average Bonchev–Trinajstić information content (AvgIpc) is 0.918. The SMILES string of the molecule is C.C=CBr. The summed E-state index contributed by atoms with van der Waals surface area (Å²) in [5, 5.41) is 0. The van der Waals surface area contributed by atoms with Crippen LogP contribution in [0.4, 0.5) is 0 Å². The predicted molar refractivity (Wildman–Crippen MR) is 25.9 cm³/mol. The molecule has 1 heteroatoms. The van der Waals surface area contributed by atoms with Crippen LogP contribution in [-0.4, -0.2) is 0 Å². The standard InChI is InChI=1S/C2H3Br.CH4/c1-2-3;/h2H,1H2;1H4. The Morgan fingerprint density at radius 3 is 1.75 bits per heavy atom. The van der Waals surface area contributed by atoms with Gasteiger partial charge in [-0.15, -0.1) is 0 Å². The highest BCUT2D eigenvalue weighted by atomic mass is 79.9. The van der Waals surface area contributed by atoms with E-state index in [1.54, 1.807) is 4.99 Å². The lowest BCUT2D eigenvalue weighted by Gasteiger charge is -1.27. The first kappa shape index (κ1) is 8.88. The van der Waals surface area contributed by atoms with E-state index < -0.39 is 0 Å². The fourth-order valence-corrected chi connectivity index (χ4v) is 0. The van der Waals surface area contributed by atoms with Crippen LogP contribution >= 0.6 is 15.9 Å². The zero-order chi connectivity index (χ0) is 2.71. The van der Waals surface area contributed by atoms with Crippen LogP contribution in [-0.2, 0) is 0 Å². The van der Waals surface area contributed by atoms with Gasteiger partial charge in [0.1, 0.15) is 0 Å². The van der Waals surface area contributed by atoms with Crippen LogP contribution in [0.15, 0.2) is 11.6 Å². The molecular formula is C3H7Br. The largest absolute Gasteiger partial charge is 0.0921 e. The number of hydrogen-bond donors (Lipinski definition) is 0. The first-order valence-corrected chi connectivity index (χ1v) is 1.54. The molecule has 0 aliphatic carbocycles. The minimum atomic E-state index is 0. The lowest BCUT2D eigenvalue weighted by Crippen LogP contribution is -0.895. The molecule has 0 saturated carbocycles. The van der Waals surface area contributed by atoms with Crippen molar-refractivity contribution < 1.29 is 0 Å². The van der Waals surface area contributed by atoms with Gasteiger partial charge in [-0.05, 0) is 4.99 Å². The van der Waals surface area contributed by atoms with E-state index in [1.165, 1.54) is 0 Å². The Bertz CT molecular complexity index is 10.8. The third-order valence-corrected chi connectivity index (χ3v) is 0. The van der Waals surface area contributed by atoms with Crippen molar-refractivity contribution >= 4 is 15.9 Å². The van der Waals surface area contributed by atoms with E-state index in [2.05, 4.69) is 22.5 Å². The monoisotopic (exact) mass is 122 g/mol. The molecule has 0 amide bonds. The minimum absolute atomic E-state index is 0. The molecule has 0 atom stereocenters. The zero-order valence-electron chi connectivity index (χ0n) is 1.66. The topological polar surface area (TPSA) is 0 Å². The maximum absolute atomic E-state index is 3.28. The molecule has 0 fully saturated rings. The van der Waals surface area contributed by atoms with Gasteiger partial charge < -0.3 is 0 Å². The quantitative estimate of drug-likeness (QED) is 0.463. The van der Waals surface area contributed by atoms with Gasteiger partial charge in [-0.3, -0.25) is 0 Å². The van der Waals surface area contributed by atoms with Crippen molar-refractivity contribution in [1.29, 1.82) is 0 Å². The van der Waals surface area contributed by atoms with E-state index in [9.17, 15) is 0 Å². The van der Waals surface area contributed by atoms with Crippen molar-refractivity contribution in [3.8, 4) is 0 Å². The molecule has 0 aromatic heterocycles. The molecule has 0 heterocycles.